The van der Waals surface area contributed by atoms with E-state index in [-0.39, 0.29) is 17.8 Å². The normalized spacial score (nSPS) is 25.8. The second-order valence-electron chi connectivity index (χ2n) is 8.50. The van der Waals surface area contributed by atoms with E-state index in [0.717, 1.165) is 50.9 Å². The smallest absolute Gasteiger partial charge is 0.140 e. The first-order valence-corrected chi connectivity index (χ1v) is 10.8. The highest BCUT2D eigenvalue weighted by molar-refractivity contribution is 5.82. The summed E-state index contributed by atoms with van der Waals surface area (Å²) in [6, 6.07) is 17.4. The molecule has 0 aromatic heterocycles. The summed E-state index contributed by atoms with van der Waals surface area (Å²) in [5.74, 6) is 0.580. The molecule has 0 radical (unpaired) electrons. The van der Waals surface area contributed by atoms with Gasteiger partial charge < -0.3 is 4.74 Å². The fourth-order valence-electron chi connectivity index (χ4n) is 4.68. The summed E-state index contributed by atoms with van der Waals surface area (Å²) in [7, 11) is 0. The molecule has 1 aliphatic heterocycles. The van der Waals surface area contributed by atoms with Crippen LogP contribution in [-0.2, 0) is 16.1 Å². The Labute approximate surface area is 172 Å². The van der Waals surface area contributed by atoms with Crippen molar-refractivity contribution in [1.29, 1.82) is 0 Å². The second-order valence-corrected chi connectivity index (χ2v) is 8.50. The Morgan fingerprint density at radius 1 is 1.00 bits per heavy atom. The van der Waals surface area contributed by atoms with Gasteiger partial charge in [0.2, 0.25) is 0 Å². The molecule has 0 spiro atoms. The predicted octanol–water partition coefficient (Wildman–Crippen LogP) is 4.96. The van der Waals surface area contributed by atoms with Gasteiger partial charge >= 0.3 is 0 Å². The van der Waals surface area contributed by atoms with Crippen molar-refractivity contribution in [2.24, 2.45) is 5.92 Å². The zero-order chi connectivity index (χ0) is 20.1. The Hall–Kier alpha value is -2.04. The van der Waals surface area contributed by atoms with Crippen molar-refractivity contribution in [2.75, 3.05) is 19.7 Å². The molecule has 1 saturated heterocycles. The maximum atomic E-state index is 13.5. The minimum Gasteiger partial charge on any atom is -0.377 e. The number of carbonyl (C=O) groups is 1. The highest BCUT2D eigenvalue weighted by atomic mass is 19.1. The van der Waals surface area contributed by atoms with Gasteiger partial charge in [0.15, 0.2) is 0 Å². The number of benzene rings is 2. The third kappa shape index (κ3) is 5.52. The molecule has 2 aliphatic rings. The van der Waals surface area contributed by atoms with Gasteiger partial charge in [-0.3, -0.25) is 9.69 Å². The highest BCUT2D eigenvalue weighted by Gasteiger charge is 2.29. The van der Waals surface area contributed by atoms with Gasteiger partial charge in [-0.1, -0.05) is 42.5 Å². The first-order chi connectivity index (χ1) is 14.2. The van der Waals surface area contributed by atoms with E-state index in [1.807, 2.05) is 12.1 Å². The second kappa shape index (κ2) is 9.64. The molecule has 0 N–H and O–H groups in total. The lowest BCUT2D eigenvalue weighted by Gasteiger charge is -2.34. The van der Waals surface area contributed by atoms with Crippen molar-refractivity contribution in [3.05, 3.63) is 71.5 Å². The molecule has 2 fully saturated rings. The van der Waals surface area contributed by atoms with Crippen LogP contribution >= 0.6 is 0 Å². The summed E-state index contributed by atoms with van der Waals surface area (Å²) in [6.45, 7) is 3.04. The van der Waals surface area contributed by atoms with Crippen LogP contribution in [0, 0.1) is 11.7 Å². The van der Waals surface area contributed by atoms with Crippen LogP contribution < -0.4 is 0 Å². The van der Waals surface area contributed by atoms with Gasteiger partial charge in [-0.25, -0.2) is 4.39 Å². The van der Waals surface area contributed by atoms with Gasteiger partial charge in [-0.15, -0.1) is 0 Å². The molecule has 1 atom stereocenters. The molecular formula is C25H30FNO2. The number of likely N-dealkylation sites (tertiary alicyclic amines) is 1. The van der Waals surface area contributed by atoms with Crippen LogP contribution in [0.1, 0.15) is 49.1 Å². The van der Waals surface area contributed by atoms with Gasteiger partial charge in [0.05, 0.1) is 18.6 Å². The number of rotatable bonds is 6. The monoisotopic (exact) mass is 395 g/mol. The van der Waals surface area contributed by atoms with E-state index in [9.17, 15) is 9.18 Å². The first kappa shape index (κ1) is 20.2. The summed E-state index contributed by atoms with van der Waals surface area (Å²) in [5.41, 5.74) is 2.39. The molecule has 3 nitrogen and oxygen atoms in total. The fraction of sp³-hybridized carbons (Fsp3) is 0.480. The number of hydrogen-bond acceptors (Lipinski definition) is 3. The van der Waals surface area contributed by atoms with Crippen LogP contribution in [0.15, 0.2) is 54.6 Å². The van der Waals surface area contributed by atoms with Gasteiger partial charge in [0, 0.05) is 26.1 Å². The molecule has 29 heavy (non-hydrogen) atoms. The largest absolute Gasteiger partial charge is 0.377 e. The number of ketones is 1. The van der Waals surface area contributed by atoms with Crippen molar-refractivity contribution < 1.29 is 13.9 Å². The lowest BCUT2D eigenvalue weighted by molar-refractivity contribution is -0.130. The standard InChI is InChI=1S/C25H30FNO2/c26-23-8-4-7-21(15-23)20-9-11-24(12-10-20)29-18-22-17-27(14-13-25(22)28)16-19-5-2-1-3-6-19/h1-8,15,20,22,24H,9-14,16-18H2. The zero-order valence-corrected chi connectivity index (χ0v) is 16.9. The Kier molecular flexibility index (Phi) is 6.73. The minimum absolute atomic E-state index is 0.0200. The summed E-state index contributed by atoms with van der Waals surface area (Å²) in [4.78, 5) is 14.8. The van der Waals surface area contributed by atoms with Gasteiger partial charge in [0.25, 0.3) is 0 Å². The molecule has 2 aromatic rings. The van der Waals surface area contributed by atoms with E-state index in [1.165, 1.54) is 11.6 Å². The number of Topliss-reactive ketones (excluding diaryl/α,β-unsaturated/α-hetero) is 1. The Bertz CT molecular complexity index is 801. The molecule has 2 aromatic carbocycles. The van der Waals surface area contributed by atoms with E-state index in [1.54, 1.807) is 12.1 Å². The number of hydrogen-bond donors (Lipinski definition) is 0. The highest BCUT2D eigenvalue weighted by Crippen LogP contribution is 2.34. The summed E-state index contributed by atoms with van der Waals surface area (Å²) in [5, 5.41) is 0. The average Bonchev–Trinajstić information content (AvgIpc) is 2.75. The zero-order valence-electron chi connectivity index (χ0n) is 16.9. The summed E-state index contributed by atoms with van der Waals surface area (Å²) < 4.78 is 19.6. The molecule has 4 heteroatoms. The number of piperidine rings is 1. The molecule has 1 heterocycles. The SMILES string of the molecule is O=C1CCN(Cc2ccccc2)CC1COC1CCC(c2cccc(F)c2)CC1. The maximum Gasteiger partial charge on any atom is 0.140 e. The summed E-state index contributed by atoms with van der Waals surface area (Å²) >= 11 is 0. The van der Waals surface area contributed by atoms with Crippen LogP contribution in [0.3, 0.4) is 0 Å². The molecule has 0 amide bonds. The van der Waals surface area contributed by atoms with Crippen LogP contribution in [0.5, 0.6) is 0 Å². The summed E-state index contributed by atoms with van der Waals surface area (Å²) in [6.07, 6.45) is 4.84. The fourth-order valence-corrected chi connectivity index (χ4v) is 4.68. The molecule has 1 saturated carbocycles. The Balaban J connectivity index is 1.24. The van der Waals surface area contributed by atoms with Crippen molar-refractivity contribution in [1.82, 2.24) is 4.90 Å². The molecule has 0 bridgehead atoms. The molecular weight excluding hydrogens is 365 g/mol. The van der Waals surface area contributed by atoms with E-state index >= 15 is 0 Å². The molecule has 154 valence electrons. The maximum absolute atomic E-state index is 13.5. The number of nitrogens with zero attached hydrogens (tertiary/aromatic N) is 1. The van der Waals surface area contributed by atoms with Crippen molar-refractivity contribution in [3.63, 3.8) is 0 Å². The lowest BCUT2D eigenvalue weighted by atomic mass is 9.82. The van der Waals surface area contributed by atoms with Crippen molar-refractivity contribution in [2.45, 2.75) is 50.7 Å². The average molecular weight is 396 g/mol. The van der Waals surface area contributed by atoms with Gasteiger partial charge in [-0.2, -0.15) is 0 Å². The minimum atomic E-state index is -0.156. The predicted molar refractivity (Wildman–Crippen MR) is 112 cm³/mol. The van der Waals surface area contributed by atoms with Crippen LogP contribution in [0.4, 0.5) is 4.39 Å². The number of carbonyl (C=O) groups excluding carboxylic acids is 1. The third-order valence-electron chi connectivity index (χ3n) is 6.38. The van der Waals surface area contributed by atoms with Gasteiger partial charge in [0.1, 0.15) is 11.6 Å². The topological polar surface area (TPSA) is 29.5 Å². The van der Waals surface area contributed by atoms with Crippen LogP contribution in [0.2, 0.25) is 0 Å². The Morgan fingerprint density at radius 3 is 2.55 bits per heavy atom. The van der Waals surface area contributed by atoms with E-state index < -0.39 is 0 Å². The van der Waals surface area contributed by atoms with Crippen LogP contribution in [0.25, 0.3) is 0 Å². The molecule has 4 rings (SSSR count). The lowest BCUT2D eigenvalue weighted by Crippen LogP contribution is -2.42. The Morgan fingerprint density at radius 2 is 1.79 bits per heavy atom. The van der Waals surface area contributed by atoms with Crippen molar-refractivity contribution >= 4 is 5.78 Å². The van der Waals surface area contributed by atoms with E-state index in [2.05, 4.69) is 29.2 Å². The molecule has 1 aliphatic carbocycles. The number of halogens is 1. The van der Waals surface area contributed by atoms with Crippen molar-refractivity contribution in [3.8, 4) is 0 Å². The van der Waals surface area contributed by atoms with Gasteiger partial charge in [-0.05, 0) is 54.9 Å². The number of ether oxygens (including phenoxy) is 1. The quantitative estimate of drug-likeness (QED) is 0.692. The van der Waals surface area contributed by atoms with E-state index in [0.29, 0.717) is 24.7 Å². The molecule has 1 unspecified atom stereocenters. The third-order valence-corrected chi connectivity index (χ3v) is 6.38. The van der Waals surface area contributed by atoms with E-state index in [4.69, 9.17) is 4.74 Å². The first-order valence-electron chi connectivity index (χ1n) is 10.8. The van der Waals surface area contributed by atoms with Crippen LogP contribution in [-0.4, -0.2) is 36.5 Å².